The number of carbonyl (C=O) groups is 1. The average Bonchev–Trinajstić information content (AvgIpc) is 3.11. The van der Waals surface area contributed by atoms with E-state index in [9.17, 15) is 13.2 Å². The quantitative estimate of drug-likeness (QED) is 0.776. The predicted molar refractivity (Wildman–Crippen MR) is 62.7 cm³/mol. The Labute approximate surface area is 104 Å². The van der Waals surface area contributed by atoms with Crippen molar-refractivity contribution in [1.82, 2.24) is 10.3 Å². The van der Waals surface area contributed by atoms with Crippen molar-refractivity contribution < 1.29 is 17.9 Å². The number of carbonyl (C=O) groups excluding carboxylic acids is 1. The Kier molecular flexibility index (Phi) is 3.22. The molecule has 0 aromatic carbocycles. The van der Waals surface area contributed by atoms with Gasteiger partial charge in [0.2, 0.25) is 10.0 Å². The summed E-state index contributed by atoms with van der Waals surface area (Å²) in [5.41, 5.74) is 0.0657. The lowest BCUT2D eigenvalue weighted by Gasteiger charge is -2.12. The Balaban J connectivity index is 2.55. The number of rotatable bonds is 4. The van der Waals surface area contributed by atoms with Crippen LogP contribution in [0.3, 0.4) is 0 Å². The van der Waals surface area contributed by atoms with Gasteiger partial charge in [0.25, 0.3) is 5.91 Å². The zero-order valence-corrected chi connectivity index (χ0v) is 10.5. The van der Waals surface area contributed by atoms with Crippen molar-refractivity contribution in [2.45, 2.75) is 23.8 Å². The molecule has 1 aromatic heterocycles. The van der Waals surface area contributed by atoms with Crippen LogP contribution in [0.15, 0.2) is 17.3 Å². The monoisotopic (exact) mass is 271 g/mol. The minimum atomic E-state index is -3.98. The van der Waals surface area contributed by atoms with Gasteiger partial charge in [-0.25, -0.2) is 13.6 Å². The summed E-state index contributed by atoms with van der Waals surface area (Å²) in [5, 5.41) is 7.48. The third-order valence-electron chi connectivity index (χ3n) is 2.45. The highest BCUT2D eigenvalue weighted by molar-refractivity contribution is 7.89. The van der Waals surface area contributed by atoms with Crippen LogP contribution in [0.2, 0.25) is 0 Å². The van der Waals surface area contributed by atoms with E-state index in [1.165, 1.54) is 13.2 Å². The van der Waals surface area contributed by atoms with Crippen LogP contribution in [0.5, 0.6) is 5.75 Å². The smallest absolute Gasteiger partial charge is 0.256 e. The van der Waals surface area contributed by atoms with Gasteiger partial charge < -0.3 is 10.1 Å². The van der Waals surface area contributed by atoms with E-state index in [0.29, 0.717) is 0 Å². The Morgan fingerprint density at radius 1 is 1.50 bits per heavy atom. The van der Waals surface area contributed by atoms with Crippen LogP contribution < -0.4 is 15.2 Å². The fourth-order valence-electron chi connectivity index (χ4n) is 1.40. The van der Waals surface area contributed by atoms with Crippen LogP contribution in [-0.2, 0) is 10.0 Å². The fraction of sp³-hybridized carbons (Fsp3) is 0.400. The van der Waals surface area contributed by atoms with Crippen molar-refractivity contribution in [3.05, 3.63) is 18.0 Å². The van der Waals surface area contributed by atoms with Crippen LogP contribution in [0.4, 0.5) is 0 Å². The summed E-state index contributed by atoms with van der Waals surface area (Å²) in [6.45, 7) is 0. The van der Waals surface area contributed by atoms with Crippen LogP contribution in [0, 0.1) is 0 Å². The van der Waals surface area contributed by atoms with Crippen molar-refractivity contribution in [3.8, 4) is 5.75 Å². The molecule has 0 radical (unpaired) electrons. The molecule has 1 fully saturated rings. The molecule has 0 spiro atoms. The summed E-state index contributed by atoms with van der Waals surface area (Å²) in [6, 6.07) is 0. The van der Waals surface area contributed by atoms with Gasteiger partial charge in [-0.15, -0.1) is 0 Å². The Morgan fingerprint density at radius 3 is 2.67 bits per heavy atom. The first kappa shape index (κ1) is 12.8. The number of nitrogens with two attached hydrogens (primary N) is 1. The lowest BCUT2D eigenvalue weighted by atomic mass is 10.2. The molecule has 1 aliphatic rings. The van der Waals surface area contributed by atoms with E-state index >= 15 is 0 Å². The summed E-state index contributed by atoms with van der Waals surface area (Å²) in [6.07, 6.45) is 3.94. The van der Waals surface area contributed by atoms with Gasteiger partial charge in [-0.2, -0.15) is 0 Å². The number of hydrogen-bond acceptors (Lipinski definition) is 5. The van der Waals surface area contributed by atoms with Crippen molar-refractivity contribution in [3.63, 3.8) is 0 Å². The van der Waals surface area contributed by atoms with Crippen molar-refractivity contribution in [1.29, 1.82) is 0 Å². The molecular formula is C10H13N3O4S. The Morgan fingerprint density at radius 2 is 2.17 bits per heavy atom. The number of ether oxygens (including phenoxy) is 1. The topological polar surface area (TPSA) is 111 Å². The number of amides is 1. The predicted octanol–water partition coefficient (Wildman–Crippen LogP) is -0.370. The molecule has 0 unspecified atom stereocenters. The third-order valence-corrected chi connectivity index (χ3v) is 3.35. The molecule has 18 heavy (non-hydrogen) atoms. The fourth-order valence-corrected chi connectivity index (χ4v) is 2.03. The van der Waals surface area contributed by atoms with Crippen LogP contribution in [0.25, 0.3) is 0 Å². The van der Waals surface area contributed by atoms with Crippen molar-refractivity contribution in [2.75, 3.05) is 7.05 Å². The number of primary sulfonamides is 1. The zero-order valence-electron chi connectivity index (χ0n) is 9.71. The van der Waals surface area contributed by atoms with Gasteiger partial charge in [0.1, 0.15) is 10.5 Å². The zero-order chi connectivity index (χ0) is 13.3. The summed E-state index contributed by atoms with van der Waals surface area (Å²) in [5.74, 6) is -0.488. The molecule has 3 N–H and O–H groups in total. The number of hydrogen-bond donors (Lipinski definition) is 2. The molecule has 98 valence electrons. The average molecular weight is 271 g/mol. The highest BCUT2D eigenvalue weighted by Crippen LogP contribution is 2.33. The second kappa shape index (κ2) is 4.54. The van der Waals surface area contributed by atoms with Gasteiger partial charge in [-0.3, -0.25) is 9.78 Å². The van der Waals surface area contributed by atoms with Gasteiger partial charge >= 0.3 is 0 Å². The van der Waals surface area contributed by atoms with E-state index in [4.69, 9.17) is 9.88 Å². The molecule has 0 saturated heterocycles. The minimum absolute atomic E-state index is 0.0191. The first-order valence-electron chi connectivity index (χ1n) is 5.33. The van der Waals surface area contributed by atoms with Crippen LogP contribution in [0.1, 0.15) is 23.2 Å². The Hall–Kier alpha value is -1.67. The maximum atomic E-state index is 11.6. The van der Waals surface area contributed by atoms with Gasteiger partial charge in [0, 0.05) is 13.2 Å². The lowest BCUT2D eigenvalue weighted by Crippen LogP contribution is -2.22. The molecule has 1 aliphatic carbocycles. The van der Waals surface area contributed by atoms with E-state index in [1.54, 1.807) is 0 Å². The van der Waals surface area contributed by atoms with E-state index in [1.807, 2.05) is 0 Å². The largest absolute Gasteiger partial charge is 0.488 e. The van der Waals surface area contributed by atoms with Crippen LogP contribution >= 0.6 is 0 Å². The lowest BCUT2D eigenvalue weighted by molar-refractivity contribution is 0.0957. The Bertz CT molecular complexity index is 581. The van der Waals surface area contributed by atoms with E-state index < -0.39 is 15.9 Å². The maximum absolute atomic E-state index is 11.6. The molecule has 2 rings (SSSR count). The molecule has 1 heterocycles. The van der Waals surface area contributed by atoms with E-state index in [2.05, 4.69) is 10.3 Å². The molecule has 0 atom stereocenters. The van der Waals surface area contributed by atoms with E-state index in [-0.39, 0.29) is 22.3 Å². The molecule has 0 bridgehead atoms. The molecule has 7 nitrogen and oxygen atoms in total. The van der Waals surface area contributed by atoms with Gasteiger partial charge in [-0.05, 0) is 12.8 Å². The normalized spacial score (nSPS) is 15.2. The molecule has 1 saturated carbocycles. The minimum Gasteiger partial charge on any atom is -0.488 e. The summed E-state index contributed by atoms with van der Waals surface area (Å²) in [4.78, 5) is 15.1. The summed E-state index contributed by atoms with van der Waals surface area (Å²) in [7, 11) is -2.55. The number of pyridine rings is 1. The number of aromatic nitrogens is 1. The molecule has 1 aromatic rings. The second-order valence-corrected chi connectivity index (χ2v) is 5.49. The van der Waals surface area contributed by atoms with Gasteiger partial charge in [0.15, 0.2) is 5.75 Å². The molecule has 1 amide bonds. The first-order valence-corrected chi connectivity index (χ1v) is 6.87. The van der Waals surface area contributed by atoms with Gasteiger partial charge in [-0.1, -0.05) is 0 Å². The first-order chi connectivity index (χ1) is 8.43. The SMILES string of the molecule is CNC(=O)c1cncc(S(N)(=O)=O)c1OC1CC1. The number of nitrogens with zero attached hydrogens (tertiary/aromatic N) is 1. The van der Waals surface area contributed by atoms with E-state index in [0.717, 1.165) is 19.0 Å². The second-order valence-electron chi connectivity index (χ2n) is 3.96. The van der Waals surface area contributed by atoms with Crippen molar-refractivity contribution in [2.24, 2.45) is 5.14 Å². The number of nitrogens with one attached hydrogen (secondary N) is 1. The maximum Gasteiger partial charge on any atom is 0.256 e. The third kappa shape index (κ3) is 2.59. The standard InChI is InChI=1S/C10H13N3O4S/c1-12-10(14)7-4-13-5-8(18(11,15)16)9(7)17-6-2-3-6/h4-6H,2-3H2,1H3,(H,12,14)(H2,11,15,16). The number of sulfonamides is 1. The van der Waals surface area contributed by atoms with Crippen LogP contribution in [-0.4, -0.2) is 32.5 Å². The van der Waals surface area contributed by atoms with Crippen molar-refractivity contribution >= 4 is 15.9 Å². The summed E-state index contributed by atoms with van der Waals surface area (Å²) >= 11 is 0. The molecule has 8 heteroatoms. The molecular weight excluding hydrogens is 258 g/mol. The highest BCUT2D eigenvalue weighted by Gasteiger charge is 2.30. The van der Waals surface area contributed by atoms with Gasteiger partial charge in [0.05, 0.1) is 12.3 Å². The molecule has 0 aliphatic heterocycles. The summed E-state index contributed by atoms with van der Waals surface area (Å²) < 4.78 is 28.4. The highest BCUT2D eigenvalue weighted by atomic mass is 32.2.